The number of nitrogens with one attached hydrogen (secondary N) is 2. The molecule has 0 radical (unpaired) electrons. The molecule has 22 heavy (non-hydrogen) atoms. The van der Waals surface area contributed by atoms with Gasteiger partial charge in [0.2, 0.25) is 0 Å². The second-order valence-electron chi connectivity index (χ2n) is 4.87. The fraction of sp³-hybridized carbons (Fsp3) is 0.188. The summed E-state index contributed by atoms with van der Waals surface area (Å²) >= 11 is 17.2. The second kappa shape index (κ2) is 7.79. The van der Waals surface area contributed by atoms with Crippen LogP contribution in [-0.4, -0.2) is 16.3 Å². The second-order valence-corrected chi connectivity index (χ2v) is 6.12. The summed E-state index contributed by atoms with van der Waals surface area (Å²) in [4.78, 5) is 0. The lowest BCUT2D eigenvalue weighted by molar-refractivity contribution is 0.145. The maximum Gasteiger partial charge on any atom is 0.171 e. The van der Waals surface area contributed by atoms with Crippen LogP contribution in [0.3, 0.4) is 0 Å². The Kier molecular flexibility index (Phi) is 6.03. The summed E-state index contributed by atoms with van der Waals surface area (Å²) in [5.41, 5.74) is 1.49. The van der Waals surface area contributed by atoms with E-state index in [0.717, 1.165) is 5.56 Å². The average Bonchev–Trinajstić information content (AvgIpc) is 2.50. The molecule has 0 spiro atoms. The van der Waals surface area contributed by atoms with Crippen molar-refractivity contribution in [1.82, 2.24) is 5.32 Å². The van der Waals surface area contributed by atoms with E-state index >= 15 is 0 Å². The van der Waals surface area contributed by atoms with Crippen LogP contribution < -0.4 is 10.6 Å². The first-order chi connectivity index (χ1) is 10.5. The Morgan fingerprint density at radius 3 is 2.45 bits per heavy atom. The van der Waals surface area contributed by atoms with Crippen LogP contribution in [0.4, 0.5) is 5.69 Å². The van der Waals surface area contributed by atoms with E-state index in [-0.39, 0.29) is 6.04 Å². The van der Waals surface area contributed by atoms with E-state index in [4.69, 9.17) is 35.4 Å². The van der Waals surface area contributed by atoms with Gasteiger partial charge >= 0.3 is 0 Å². The molecule has 0 saturated heterocycles. The van der Waals surface area contributed by atoms with Crippen LogP contribution in [-0.2, 0) is 0 Å². The van der Waals surface area contributed by atoms with Gasteiger partial charge in [0.15, 0.2) is 5.11 Å². The third kappa shape index (κ3) is 4.58. The smallest absolute Gasteiger partial charge is 0.171 e. The maximum absolute atomic E-state index is 10.3. The topological polar surface area (TPSA) is 44.3 Å². The van der Waals surface area contributed by atoms with E-state index in [1.54, 1.807) is 18.2 Å². The number of aliphatic hydroxyl groups excluding tert-OH is 1. The Hall–Kier alpha value is -1.33. The zero-order valence-corrected chi connectivity index (χ0v) is 14.2. The van der Waals surface area contributed by atoms with Gasteiger partial charge in [0.25, 0.3) is 0 Å². The Bertz CT molecular complexity index is 652. The van der Waals surface area contributed by atoms with Gasteiger partial charge in [-0.05, 0) is 42.9 Å². The Balaban J connectivity index is 1.96. The Morgan fingerprint density at radius 1 is 1.14 bits per heavy atom. The predicted molar refractivity (Wildman–Crippen MR) is 96.7 cm³/mol. The fourth-order valence-corrected chi connectivity index (χ4v) is 2.73. The Morgan fingerprint density at radius 2 is 1.82 bits per heavy atom. The van der Waals surface area contributed by atoms with Crippen molar-refractivity contribution in [3.05, 3.63) is 64.1 Å². The van der Waals surface area contributed by atoms with Crippen molar-refractivity contribution in [2.24, 2.45) is 0 Å². The standard InChI is InChI=1S/C16H16Cl2N2OS/c1-10(15(21)11-5-3-2-4-6-11)19-16(22)20-14-8-7-12(17)9-13(14)18/h2-10,15,21H,1H3,(H2,19,20,22). The normalized spacial score (nSPS) is 13.3. The molecule has 6 heteroatoms. The van der Waals surface area contributed by atoms with E-state index in [0.29, 0.717) is 20.8 Å². The molecule has 0 aliphatic carbocycles. The van der Waals surface area contributed by atoms with Gasteiger partial charge in [-0.3, -0.25) is 0 Å². The van der Waals surface area contributed by atoms with Gasteiger partial charge in [0, 0.05) is 5.02 Å². The van der Waals surface area contributed by atoms with Gasteiger partial charge in [-0.15, -0.1) is 0 Å². The van der Waals surface area contributed by atoms with Gasteiger partial charge in [0.05, 0.1) is 22.9 Å². The van der Waals surface area contributed by atoms with Crippen LogP contribution >= 0.6 is 35.4 Å². The third-order valence-corrected chi connectivity index (χ3v) is 3.92. The number of aliphatic hydroxyl groups is 1. The monoisotopic (exact) mass is 354 g/mol. The lowest BCUT2D eigenvalue weighted by Crippen LogP contribution is -2.39. The summed E-state index contributed by atoms with van der Waals surface area (Å²) in [5.74, 6) is 0. The highest BCUT2D eigenvalue weighted by Gasteiger charge is 2.17. The minimum absolute atomic E-state index is 0.256. The molecule has 2 rings (SSSR count). The summed E-state index contributed by atoms with van der Waals surface area (Å²) in [5, 5.41) is 17.8. The van der Waals surface area contributed by atoms with Gasteiger partial charge in [-0.1, -0.05) is 53.5 Å². The van der Waals surface area contributed by atoms with Crippen LogP contribution in [0.1, 0.15) is 18.6 Å². The van der Waals surface area contributed by atoms with Crippen molar-refractivity contribution in [1.29, 1.82) is 0 Å². The molecule has 2 unspecified atom stereocenters. The summed E-state index contributed by atoms with van der Waals surface area (Å²) in [7, 11) is 0. The third-order valence-electron chi connectivity index (χ3n) is 3.15. The van der Waals surface area contributed by atoms with Crippen LogP contribution in [0.25, 0.3) is 0 Å². The van der Waals surface area contributed by atoms with Crippen molar-refractivity contribution in [3.8, 4) is 0 Å². The molecule has 3 N–H and O–H groups in total. The van der Waals surface area contributed by atoms with Crippen LogP contribution in [0.15, 0.2) is 48.5 Å². The van der Waals surface area contributed by atoms with Crippen molar-refractivity contribution < 1.29 is 5.11 Å². The highest BCUT2D eigenvalue weighted by atomic mass is 35.5. The lowest BCUT2D eigenvalue weighted by atomic mass is 10.0. The minimum atomic E-state index is -0.665. The number of thiocarbonyl (C=S) groups is 1. The van der Waals surface area contributed by atoms with E-state index < -0.39 is 6.10 Å². The molecule has 0 saturated carbocycles. The molecule has 2 aromatic rings. The number of anilines is 1. The van der Waals surface area contributed by atoms with Crippen molar-refractivity contribution in [2.75, 3.05) is 5.32 Å². The molecule has 0 aromatic heterocycles. The first-order valence-electron chi connectivity index (χ1n) is 6.73. The highest BCUT2D eigenvalue weighted by Crippen LogP contribution is 2.25. The zero-order chi connectivity index (χ0) is 16.1. The molecule has 3 nitrogen and oxygen atoms in total. The van der Waals surface area contributed by atoms with Crippen LogP contribution in [0, 0.1) is 0 Å². The minimum Gasteiger partial charge on any atom is -0.386 e. The van der Waals surface area contributed by atoms with Gasteiger partial charge < -0.3 is 15.7 Å². The molecule has 0 aliphatic heterocycles. The molecule has 0 fully saturated rings. The molecule has 0 heterocycles. The molecule has 0 aliphatic rings. The summed E-state index contributed by atoms with van der Waals surface area (Å²) in [6, 6.07) is 14.3. The SMILES string of the molecule is CC(NC(=S)Nc1ccc(Cl)cc1Cl)C(O)c1ccccc1. The summed E-state index contributed by atoms with van der Waals surface area (Å²) < 4.78 is 0. The van der Waals surface area contributed by atoms with E-state index in [1.165, 1.54) is 0 Å². The predicted octanol–water partition coefficient (Wildman–Crippen LogP) is 4.40. The molecule has 116 valence electrons. The Labute approximate surface area is 145 Å². The van der Waals surface area contributed by atoms with Gasteiger partial charge in [-0.25, -0.2) is 0 Å². The van der Waals surface area contributed by atoms with Gasteiger partial charge in [0.1, 0.15) is 0 Å². The van der Waals surface area contributed by atoms with Crippen LogP contribution in [0.5, 0.6) is 0 Å². The number of halogens is 2. The summed E-state index contributed by atoms with van der Waals surface area (Å²) in [6.07, 6.45) is -0.665. The fourth-order valence-electron chi connectivity index (χ4n) is 1.97. The molecule has 0 amide bonds. The maximum atomic E-state index is 10.3. The molecule has 2 atom stereocenters. The largest absolute Gasteiger partial charge is 0.386 e. The van der Waals surface area contributed by atoms with Gasteiger partial charge in [-0.2, -0.15) is 0 Å². The molecular weight excluding hydrogens is 339 g/mol. The average molecular weight is 355 g/mol. The molecular formula is C16H16Cl2N2OS. The number of hydrogen-bond donors (Lipinski definition) is 3. The number of hydrogen-bond acceptors (Lipinski definition) is 2. The lowest BCUT2D eigenvalue weighted by Gasteiger charge is -2.22. The number of rotatable bonds is 4. The zero-order valence-electron chi connectivity index (χ0n) is 11.9. The van der Waals surface area contributed by atoms with E-state index in [9.17, 15) is 5.11 Å². The molecule has 0 bridgehead atoms. The highest BCUT2D eigenvalue weighted by molar-refractivity contribution is 7.80. The van der Waals surface area contributed by atoms with E-state index in [2.05, 4.69) is 10.6 Å². The quantitative estimate of drug-likeness (QED) is 0.712. The van der Waals surface area contributed by atoms with Crippen LogP contribution in [0.2, 0.25) is 10.0 Å². The first-order valence-corrected chi connectivity index (χ1v) is 7.89. The van der Waals surface area contributed by atoms with Crippen molar-refractivity contribution >= 4 is 46.2 Å². The molecule has 2 aromatic carbocycles. The van der Waals surface area contributed by atoms with Crippen molar-refractivity contribution in [3.63, 3.8) is 0 Å². The number of benzene rings is 2. The summed E-state index contributed by atoms with van der Waals surface area (Å²) in [6.45, 7) is 1.86. The first kappa shape index (κ1) is 17.0. The van der Waals surface area contributed by atoms with E-state index in [1.807, 2.05) is 37.3 Å². The van der Waals surface area contributed by atoms with Crippen molar-refractivity contribution in [2.45, 2.75) is 19.1 Å².